The van der Waals surface area contributed by atoms with Crippen LogP contribution in [0.3, 0.4) is 0 Å². The lowest BCUT2D eigenvalue weighted by molar-refractivity contribution is -0.137. The Morgan fingerprint density at radius 3 is 2.78 bits per heavy atom. The Balaban J connectivity index is 2.71. The number of hydrogen-bond acceptors (Lipinski definition) is 5. The van der Waals surface area contributed by atoms with Gasteiger partial charge in [0.1, 0.15) is 5.60 Å². The van der Waals surface area contributed by atoms with Gasteiger partial charge in [0.15, 0.2) is 0 Å². The van der Waals surface area contributed by atoms with E-state index < -0.39 is 11.6 Å². The summed E-state index contributed by atoms with van der Waals surface area (Å²) in [6.45, 7) is 5.71. The molecular weight excluding hydrogens is 236 g/mol. The second kappa shape index (κ2) is 5.95. The molecule has 0 radical (unpaired) electrons. The molecular formula is C12H20N2O4. The minimum Gasteiger partial charge on any atom is -0.481 e. The number of carbonyl (C=O) groups is 1. The molecule has 0 bridgehead atoms. The zero-order chi connectivity index (χ0) is 13.8. The fourth-order valence-corrected chi connectivity index (χ4v) is 1.61. The van der Waals surface area contributed by atoms with Crippen LogP contribution in [0.4, 0.5) is 0 Å². The number of hydrogen-bond donors (Lipinski definition) is 1. The molecule has 0 saturated carbocycles. The van der Waals surface area contributed by atoms with Crippen molar-refractivity contribution in [2.75, 3.05) is 7.11 Å². The standard InChI is InChI=1S/C12H20N2O4/c1-5-12(3,17-4)11-13-9(18-14-11)6-8(2)7-10(15)16/h8H,5-7H2,1-4H3,(H,15,16). The summed E-state index contributed by atoms with van der Waals surface area (Å²) in [5.41, 5.74) is -0.558. The molecule has 0 aliphatic heterocycles. The minimum absolute atomic E-state index is 0.0359. The van der Waals surface area contributed by atoms with Gasteiger partial charge in [0.25, 0.3) is 0 Å². The van der Waals surface area contributed by atoms with E-state index in [9.17, 15) is 4.79 Å². The number of aromatic nitrogens is 2. The van der Waals surface area contributed by atoms with Gasteiger partial charge in [-0.05, 0) is 19.3 Å². The van der Waals surface area contributed by atoms with Crippen LogP contribution >= 0.6 is 0 Å². The van der Waals surface area contributed by atoms with Crippen molar-refractivity contribution >= 4 is 5.97 Å². The summed E-state index contributed by atoms with van der Waals surface area (Å²) in [4.78, 5) is 14.8. The van der Waals surface area contributed by atoms with Gasteiger partial charge in [-0.25, -0.2) is 0 Å². The van der Waals surface area contributed by atoms with Crippen molar-refractivity contribution in [1.82, 2.24) is 10.1 Å². The lowest BCUT2D eigenvalue weighted by atomic mass is 10.0. The second-order valence-electron chi connectivity index (χ2n) is 4.71. The summed E-state index contributed by atoms with van der Waals surface area (Å²) >= 11 is 0. The third-order valence-electron chi connectivity index (χ3n) is 3.11. The van der Waals surface area contributed by atoms with Crippen LogP contribution in [0.2, 0.25) is 0 Å². The number of aliphatic carboxylic acids is 1. The molecule has 1 heterocycles. The molecule has 0 aliphatic rings. The Morgan fingerprint density at radius 2 is 2.28 bits per heavy atom. The van der Waals surface area contributed by atoms with E-state index >= 15 is 0 Å². The van der Waals surface area contributed by atoms with Crippen molar-refractivity contribution in [1.29, 1.82) is 0 Å². The fraction of sp³-hybridized carbons (Fsp3) is 0.750. The highest BCUT2D eigenvalue weighted by molar-refractivity contribution is 5.66. The highest BCUT2D eigenvalue weighted by Crippen LogP contribution is 2.25. The fourth-order valence-electron chi connectivity index (χ4n) is 1.61. The molecule has 0 aromatic carbocycles. The SMILES string of the molecule is CCC(C)(OC)c1noc(CC(C)CC(=O)O)n1. The number of nitrogens with zero attached hydrogens (tertiary/aromatic N) is 2. The van der Waals surface area contributed by atoms with Crippen molar-refractivity contribution in [2.45, 2.75) is 45.6 Å². The van der Waals surface area contributed by atoms with E-state index in [4.69, 9.17) is 14.4 Å². The number of carboxylic acids is 1. The molecule has 0 fully saturated rings. The number of carboxylic acid groups (broad SMARTS) is 1. The van der Waals surface area contributed by atoms with E-state index in [0.717, 1.165) is 6.42 Å². The van der Waals surface area contributed by atoms with Crippen molar-refractivity contribution in [3.8, 4) is 0 Å². The van der Waals surface area contributed by atoms with Crippen LogP contribution in [0, 0.1) is 5.92 Å². The Bertz CT molecular complexity index is 399. The maximum absolute atomic E-state index is 10.6. The van der Waals surface area contributed by atoms with E-state index in [1.54, 1.807) is 7.11 Å². The average molecular weight is 256 g/mol. The first-order valence-corrected chi connectivity index (χ1v) is 6.01. The Labute approximate surface area is 106 Å². The van der Waals surface area contributed by atoms with E-state index in [0.29, 0.717) is 18.1 Å². The molecule has 0 saturated heterocycles. The molecule has 18 heavy (non-hydrogen) atoms. The van der Waals surface area contributed by atoms with Gasteiger partial charge in [-0.15, -0.1) is 0 Å². The molecule has 0 spiro atoms. The Hall–Kier alpha value is -1.43. The van der Waals surface area contributed by atoms with Crippen LogP contribution in [0.1, 0.15) is 45.3 Å². The summed E-state index contributed by atoms with van der Waals surface area (Å²) < 4.78 is 10.5. The molecule has 1 N–H and O–H groups in total. The average Bonchev–Trinajstić information content (AvgIpc) is 2.75. The van der Waals surface area contributed by atoms with Crippen LogP contribution in [-0.2, 0) is 21.6 Å². The normalized spacial score (nSPS) is 16.2. The van der Waals surface area contributed by atoms with Gasteiger partial charge in [0.05, 0.1) is 0 Å². The maximum atomic E-state index is 10.6. The van der Waals surface area contributed by atoms with E-state index in [2.05, 4.69) is 10.1 Å². The molecule has 1 aromatic rings. The monoisotopic (exact) mass is 256 g/mol. The third-order valence-corrected chi connectivity index (χ3v) is 3.11. The molecule has 2 unspecified atom stereocenters. The second-order valence-corrected chi connectivity index (χ2v) is 4.71. The smallest absolute Gasteiger partial charge is 0.303 e. The van der Waals surface area contributed by atoms with Gasteiger partial charge in [-0.1, -0.05) is 19.0 Å². The maximum Gasteiger partial charge on any atom is 0.303 e. The van der Waals surface area contributed by atoms with Crippen molar-refractivity contribution in [3.63, 3.8) is 0 Å². The topological polar surface area (TPSA) is 85.5 Å². The first-order valence-electron chi connectivity index (χ1n) is 6.01. The van der Waals surface area contributed by atoms with E-state index in [1.165, 1.54) is 0 Å². The molecule has 1 rings (SSSR count). The van der Waals surface area contributed by atoms with E-state index in [-0.39, 0.29) is 12.3 Å². The quantitative estimate of drug-likeness (QED) is 0.803. The molecule has 1 aromatic heterocycles. The van der Waals surface area contributed by atoms with Gasteiger partial charge in [0, 0.05) is 20.0 Å². The summed E-state index contributed by atoms with van der Waals surface area (Å²) in [5, 5.41) is 12.6. The van der Waals surface area contributed by atoms with E-state index in [1.807, 2.05) is 20.8 Å². The Morgan fingerprint density at radius 1 is 1.61 bits per heavy atom. The summed E-state index contributed by atoms with van der Waals surface area (Å²) in [6, 6.07) is 0. The largest absolute Gasteiger partial charge is 0.481 e. The predicted octanol–water partition coefficient (Wildman–Crippen LogP) is 1.99. The summed E-state index contributed by atoms with van der Waals surface area (Å²) in [6.07, 6.45) is 1.28. The molecule has 102 valence electrons. The van der Waals surface area contributed by atoms with Crippen LogP contribution < -0.4 is 0 Å². The van der Waals surface area contributed by atoms with Crippen LogP contribution in [0.25, 0.3) is 0 Å². The zero-order valence-corrected chi connectivity index (χ0v) is 11.3. The van der Waals surface area contributed by atoms with Crippen molar-refractivity contribution in [3.05, 3.63) is 11.7 Å². The van der Waals surface area contributed by atoms with Gasteiger partial charge in [-0.3, -0.25) is 4.79 Å². The Kier molecular flexibility index (Phi) is 4.84. The van der Waals surface area contributed by atoms with Crippen LogP contribution in [-0.4, -0.2) is 28.3 Å². The number of rotatable bonds is 7. The summed E-state index contributed by atoms with van der Waals surface area (Å²) in [5.74, 6) is 0.101. The van der Waals surface area contributed by atoms with Gasteiger partial charge < -0.3 is 14.4 Å². The third kappa shape index (κ3) is 3.53. The number of ether oxygens (including phenoxy) is 1. The molecule has 2 atom stereocenters. The van der Waals surface area contributed by atoms with Gasteiger partial charge in [0.2, 0.25) is 11.7 Å². The van der Waals surface area contributed by atoms with Crippen LogP contribution in [0.5, 0.6) is 0 Å². The summed E-state index contributed by atoms with van der Waals surface area (Å²) in [7, 11) is 1.60. The minimum atomic E-state index is -0.822. The first kappa shape index (κ1) is 14.6. The first-order chi connectivity index (χ1) is 8.41. The zero-order valence-electron chi connectivity index (χ0n) is 11.3. The molecule has 0 amide bonds. The lowest BCUT2D eigenvalue weighted by Gasteiger charge is -2.21. The lowest BCUT2D eigenvalue weighted by Crippen LogP contribution is -2.24. The van der Waals surface area contributed by atoms with Gasteiger partial charge >= 0.3 is 5.97 Å². The van der Waals surface area contributed by atoms with Crippen molar-refractivity contribution < 1.29 is 19.2 Å². The van der Waals surface area contributed by atoms with Crippen molar-refractivity contribution in [2.24, 2.45) is 5.92 Å². The number of methoxy groups -OCH3 is 1. The van der Waals surface area contributed by atoms with Gasteiger partial charge in [-0.2, -0.15) is 4.98 Å². The predicted molar refractivity (Wildman–Crippen MR) is 64.1 cm³/mol. The van der Waals surface area contributed by atoms with Crippen LogP contribution in [0.15, 0.2) is 4.52 Å². The highest BCUT2D eigenvalue weighted by atomic mass is 16.5. The molecule has 0 aliphatic carbocycles. The molecule has 6 heteroatoms. The molecule has 6 nitrogen and oxygen atoms in total. The highest BCUT2D eigenvalue weighted by Gasteiger charge is 2.30.